The number of hydrogen-bond acceptors (Lipinski definition) is 4. The monoisotopic (exact) mass is 513 g/mol. The summed E-state index contributed by atoms with van der Waals surface area (Å²) in [6, 6.07) is 9.38. The summed E-state index contributed by atoms with van der Waals surface area (Å²) >= 11 is 0. The van der Waals surface area contributed by atoms with E-state index < -0.39 is 0 Å². The van der Waals surface area contributed by atoms with E-state index in [1.807, 2.05) is 7.05 Å². The smallest absolute Gasteiger partial charge is 0.193 e. The number of benzene rings is 1. The molecular weight excluding hydrogens is 477 g/mol. The zero-order chi connectivity index (χ0) is 19.3. The first-order valence-electron chi connectivity index (χ1n) is 10.8. The van der Waals surface area contributed by atoms with Crippen molar-refractivity contribution in [2.24, 2.45) is 10.9 Å². The van der Waals surface area contributed by atoms with E-state index in [-0.39, 0.29) is 24.0 Å². The molecule has 1 aromatic rings. The minimum absolute atomic E-state index is 0. The molecule has 0 aliphatic carbocycles. The van der Waals surface area contributed by atoms with Gasteiger partial charge in [0.15, 0.2) is 5.96 Å². The molecule has 0 saturated carbocycles. The zero-order valence-corrected chi connectivity index (χ0v) is 20.2. The standard InChI is InChI=1S/C22H35N5O.HI/c1-18-15-20-5-3-4-6-21(20)27(18)9-8-24-22(23-2)26-12-10-25(11-13-26)16-19-7-14-28-17-19;/h3-6,18-19H,7-17H2,1-2H3,(H,23,24);1H. The van der Waals surface area contributed by atoms with Crippen molar-refractivity contribution in [3.05, 3.63) is 29.8 Å². The lowest BCUT2D eigenvalue weighted by Gasteiger charge is -2.37. The second-order valence-electron chi connectivity index (χ2n) is 8.37. The van der Waals surface area contributed by atoms with E-state index in [1.54, 1.807) is 0 Å². The summed E-state index contributed by atoms with van der Waals surface area (Å²) < 4.78 is 5.52. The molecule has 6 nitrogen and oxygen atoms in total. The van der Waals surface area contributed by atoms with Crippen molar-refractivity contribution in [1.82, 2.24) is 15.1 Å². The largest absolute Gasteiger partial charge is 0.381 e. The van der Waals surface area contributed by atoms with Gasteiger partial charge in [0.25, 0.3) is 0 Å². The molecule has 7 heteroatoms. The van der Waals surface area contributed by atoms with Crippen molar-refractivity contribution >= 4 is 35.6 Å². The Morgan fingerprint density at radius 2 is 2.00 bits per heavy atom. The Morgan fingerprint density at radius 3 is 2.72 bits per heavy atom. The molecule has 0 amide bonds. The van der Waals surface area contributed by atoms with Crippen LogP contribution < -0.4 is 10.2 Å². The van der Waals surface area contributed by atoms with E-state index in [0.29, 0.717) is 6.04 Å². The third-order valence-electron chi connectivity index (χ3n) is 6.41. The number of halogens is 1. The minimum atomic E-state index is 0. The van der Waals surface area contributed by atoms with E-state index in [1.165, 1.54) is 24.2 Å². The van der Waals surface area contributed by atoms with Gasteiger partial charge in [0.05, 0.1) is 6.61 Å². The van der Waals surface area contributed by atoms with Crippen LogP contribution in [-0.4, -0.2) is 87.9 Å². The third kappa shape index (κ3) is 5.55. The number of hydrogen-bond donors (Lipinski definition) is 1. The fraction of sp³-hybridized carbons (Fsp3) is 0.682. The molecule has 29 heavy (non-hydrogen) atoms. The molecule has 0 spiro atoms. The molecule has 2 atom stereocenters. The first-order valence-corrected chi connectivity index (χ1v) is 10.8. The molecule has 3 aliphatic heterocycles. The number of fused-ring (bicyclic) bond motifs is 1. The number of nitrogens with one attached hydrogen (secondary N) is 1. The zero-order valence-electron chi connectivity index (χ0n) is 17.8. The van der Waals surface area contributed by atoms with Crippen molar-refractivity contribution in [3.63, 3.8) is 0 Å². The van der Waals surface area contributed by atoms with E-state index >= 15 is 0 Å². The highest BCUT2D eigenvalue weighted by Crippen LogP contribution is 2.31. The van der Waals surface area contributed by atoms with Gasteiger partial charge in [-0.05, 0) is 37.3 Å². The van der Waals surface area contributed by atoms with Crippen LogP contribution in [0.5, 0.6) is 0 Å². The van der Waals surface area contributed by atoms with Crippen molar-refractivity contribution in [2.75, 3.05) is 71.0 Å². The molecule has 4 rings (SSSR count). The van der Waals surface area contributed by atoms with Gasteiger partial charge >= 0.3 is 0 Å². The van der Waals surface area contributed by atoms with Gasteiger partial charge in [-0.1, -0.05) is 18.2 Å². The average molecular weight is 513 g/mol. The summed E-state index contributed by atoms with van der Waals surface area (Å²) in [5.41, 5.74) is 2.87. The van der Waals surface area contributed by atoms with E-state index in [9.17, 15) is 0 Å². The molecule has 0 aromatic heterocycles. The van der Waals surface area contributed by atoms with Crippen molar-refractivity contribution in [1.29, 1.82) is 0 Å². The first-order chi connectivity index (χ1) is 13.7. The fourth-order valence-corrected chi connectivity index (χ4v) is 4.83. The summed E-state index contributed by atoms with van der Waals surface area (Å²) in [6.45, 7) is 11.7. The van der Waals surface area contributed by atoms with Crippen LogP contribution in [-0.2, 0) is 11.2 Å². The van der Waals surface area contributed by atoms with Gasteiger partial charge in [-0.25, -0.2) is 0 Å². The molecule has 162 valence electrons. The predicted molar refractivity (Wildman–Crippen MR) is 131 cm³/mol. The molecule has 2 unspecified atom stereocenters. The maximum absolute atomic E-state index is 5.52. The summed E-state index contributed by atoms with van der Waals surface area (Å²) in [7, 11) is 1.90. The lowest BCUT2D eigenvalue weighted by atomic mass is 10.1. The second-order valence-corrected chi connectivity index (χ2v) is 8.37. The van der Waals surface area contributed by atoms with Crippen molar-refractivity contribution in [3.8, 4) is 0 Å². The maximum atomic E-state index is 5.52. The van der Waals surface area contributed by atoms with Gasteiger partial charge in [0, 0.05) is 71.2 Å². The summed E-state index contributed by atoms with van der Waals surface area (Å²) in [4.78, 5) is 12.1. The Bertz CT molecular complexity index is 671. The van der Waals surface area contributed by atoms with Gasteiger partial charge in [0.2, 0.25) is 0 Å². The van der Waals surface area contributed by atoms with Gasteiger partial charge in [-0.15, -0.1) is 24.0 Å². The molecule has 1 N–H and O–H groups in total. The van der Waals surface area contributed by atoms with Crippen LogP contribution in [0.4, 0.5) is 5.69 Å². The van der Waals surface area contributed by atoms with Crippen LogP contribution in [0.1, 0.15) is 18.9 Å². The molecular formula is C22H36IN5O. The molecule has 0 radical (unpaired) electrons. The number of aliphatic imine (C=N–C) groups is 1. The Balaban J connectivity index is 0.00000240. The normalized spacial score (nSPS) is 25.1. The number of rotatable bonds is 5. The summed E-state index contributed by atoms with van der Waals surface area (Å²) in [6.07, 6.45) is 2.38. The van der Waals surface area contributed by atoms with Crippen molar-refractivity contribution in [2.45, 2.75) is 25.8 Å². The number of nitrogens with zero attached hydrogens (tertiary/aromatic N) is 4. The van der Waals surface area contributed by atoms with E-state index in [2.05, 4.69) is 56.2 Å². The third-order valence-corrected chi connectivity index (χ3v) is 6.41. The number of piperazine rings is 1. The van der Waals surface area contributed by atoms with Gasteiger partial charge in [0.1, 0.15) is 0 Å². The topological polar surface area (TPSA) is 43.3 Å². The highest BCUT2D eigenvalue weighted by molar-refractivity contribution is 14.0. The lowest BCUT2D eigenvalue weighted by molar-refractivity contribution is 0.139. The summed E-state index contributed by atoms with van der Waals surface area (Å²) in [5, 5.41) is 3.60. The Morgan fingerprint density at radius 1 is 1.21 bits per heavy atom. The van der Waals surface area contributed by atoms with Crippen LogP contribution in [0.3, 0.4) is 0 Å². The second kappa shape index (κ2) is 10.8. The van der Waals surface area contributed by atoms with Gasteiger partial charge < -0.3 is 19.9 Å². The minimum Gasteiger partial charge on any atom is -0.381 e. The molecule has 1 aromatic carbocycles. The van der Waals surface area contributed by atoms with Crippen LogP contribution in [0, 0.1) is 5.92 Å². The van der Waals surface area contributed by atoms with Crippen LogP contribution >= 0.6 is 24.0 Å². The fourth-order valence-electron chi connectivity index (χ4n) is 4.83. The first kappa shape index (κ1) is 22.6. The van der Waals surface area contributed by atoms with E-state index in [4.69, 9.17) is 4.74 Å². The SMILES string of the molecule is CN=C(NCCN1c2ccccc2CC1C)N1CCN(CC2CCOC2)CC1.I. The lowest BCUT2D eigenvalue weighted by Crippen LogP contribution is -2.54. The van der Waals surface area contributed by atoms with Gasteiger partial charge in [-0.3, -0.25) is 9.89 Å². The molecule has 3 heterocycles. The predicted octanol–water partition coefficient (Wildman–Crippen LogP) is 2.29. The number of para-hydroxylation sites is 1. The number of guanidine groups is 1. The van der Waals surface area contributed by atoms with Crippen LogP contribution in [0.15, 0.2) is 29.3 Å². The Labute approximate surface area is 192 Å². The van der Waals surface area contributed by atoms with Crippen LogP contribution in [0.25, 0.3) is 0 Å². The summed E-state index contributed by atoms with van der Waals surface area (Å²) in [5.74, 6) is 1.78. The highest BCUT2D eigenvalue weighted by atomic mass is 127. The molecule has 0 bridgehead atoms. The van der Waals surface area contributed by atoms with Gasteiger partial charge in [-0.2, -0.15) is 0 Å². The Hall–Kier alpha value is -1.06. The maximum Gasteiger partial charge on any atom is 0.193 e. The molecule has 2 fully saturated rings. The number of ether oxygens (including phenoxy) is 1. The Kier molecular flexibility index (Phi) is 8.44. The molecule has 3 aliphatic rings. The van der Waals surface area contributed by atoms with E-state index in [0.717, 1.165) is 70.8 Å². The van der Waals surface area contributed by atoms with Crippen molar-refractivity contribution < 1.29 is 4.74 Å². The van der Waals surface area contributed by atoms with Crippen LogP contribution in [0.2, 0.25) is 0 Å². The quantitative estimate of drug-likeness (QED) is 0.372. The average Bonchev–Trinajstić information content (AvgIpc) is 3.33. The molecule has 2 saturated heterocycles. The highest BCUT2D eigenvalue weighted by Gasteiger charge is 2.26. The number of anilines is 1.